The van der Waals surface area contributed by atoms with Crippen molar-refractivity contribution in [3.8, 4) is 0 Å². The number of hydrogen-bond donors (Lipinski definition) is 1. The third kappa shape index (κ3) is 4.98. The van der Waals surface area contributed by atoms with E-state index in [1.165, 1.54) is 4.90 Å². The summed E-state index contributed by atoms with van der Waals surface area (Å²) in [6, 6.07) is 8.24. The first-order valence-corrected chi connectivity index (χ1v) is 7.14. The van der Waals surface area contributed by atoms with Crippen LogP contribution in [0.2, 0.25) is 0 Å². The van der Waals surface area contributed by atoms with Gasteiger partial charge in [0.1, 0.15) is 0 Å². The molecule has 0 amide bonds. The Bertz CT molecular complexity index is 314. The molecule has 1 aromatic carbocycles. The van der Waals surface area contributed by atoms with E-state index in [-0.39, 0.29) is 6.29 Å². The zero-order chi connectivity index (χ0) is 12.5. The van der Waals surface area contributed by atoms with Gasteiger partial charge in [0.2, 0.25) is 0 Å². The molecule has 0 unspecified atom stereocenters. The average Bonchev–Trinajstić information content (AvgIpc) is 2.37. The summed E-state index contributed by atoms with van der Waals surface area (Å²) >= 11 is 1.73. The Hall–Kier alpha value is -0.710. The number of para-hydroxylation sites is 1. The molecule has 3 nitrogen and oxygen atoms in total. The highest BCUT2D eigenvalue weighted by Crippen LogP contribution is 2.24. The van der Waals surface area contributed by atoms with Crippen molar-refractivity contribution in [1.82, 2.24) is 0 Å². The normalized spacial score (nSPS) is 10.8. The molecule has 4 heteroatoms. The van der Waals surface area contributed by atoms with Crippen molar-refractivity contribution in [2.45, 2.75) is 25.0 Å². The zero-order valence-electron chi connectivity index (χ0n) is 10.7. The minimum absolute atomic E-state index is 0.181. The summed E-state index contributed by atoms with van der Waals surface area (Å²) in [6.45, 7) is 5.94. The number of benzene rings is 1. The molecular weight excluding hydrogens is 234 g/mol. The van der Waals surface area contributed by atoms with Gasteiger partial charge in [-0.3, -0.25) is 0 Å². The fourth-order valence-electron chi connectivity index (χ4n) is 1.52. The van der Waals surface area contributed by atoms with Crippen LogP contribution >= 0.6 is 11.8 Å². The van der Waals surface area contributed by atoms with Gasteiger partial charge in [-0.25, -0.2) is 0 Å². The molecule has 0 heterocycles. The topological polar surface area (TPSA) is 30.5 Å². The van der Waals surface area contributed by atoms with Crippen molar-refractivity contribution in [1.29, 1.82) is 0 Å². The van der Waals surface area contributed by atoms with Crippen molar-refractivity contribution in [3.63, 3.8) is 0 Å². The average molecular weight is 255 g/mol. The first-order valence-electron chi connectivity index (χ1n) is 5.91. The molecule has 1 N–H and O–H groups in total. The highest BCUT2D eigenvalue weighted by atomic mass is 32.2. The van der Waals surface area contributed by atoms with E-state index in [9.17, 15) is 0 Å². The van der Waals surface area contributed by atoms with Crippen molar-refractivity contribution >= 4 is 17.4 Å². The predicted octanol–water partition coefficient (Wildman–Crippen LogP) is 3.22. The SMILES string of the molecule is CCOC(CNc1ccccc1SC)OCC. The Kier molecular flexibility index (Phi) is 7.08. The monoisotopic (exact) mass is 255 g/mol. The van der Waals surface area contributed by atoms with Crippen molar-refractivity contribution < 1.29 is 9.47 Å². The van der Waals surface area contributed by atoms with E-state index in [1.807, 2.05) is 26.0 Å². The number of hydrogen-bond acceptors (Lipinski definition) is 4. The number of rotatable bonds is 8. The summed E-state index contributed by atoms with van der Waals surface area (Å²) in [5, 5.41) is 3.36. The van der Waals surface area contributed by atoms with Gasteiger partial charge in [0.15, 0.2) is 6.29 Å². The van der Waals surface area contributed by atoms with Crippen LogP contribution in [0.1, 0.15) is 13.8 Å². The summed E-state index contributed by atoms with van der Waals surface area (Å²) in [4.78, 5) is 1.24. The van der Waals surface area contributed by atoms with Gasteiger partial charge >= 0.3 is 0 Å². The van der Waals surface area contributed by atoms with E-state index in [0.29, 0.717) is 19.8 Å². The van der Waals surface area contributed by atoms with E-state index in [2.05, 4.69) is 23.7 Å². The van der Waals surface area contributed by atoms with Crippen LogP contribution in [0.4, 0.5) is 5.69 Å². The fraction of sp³-hybridized carbons (Fsp3) is 0.538. The Morgan fingerprint density at radius 2 is 1.82 bits per heavy atom. The molecule has 0 spiro atoms. The predicted molar refractivity (Wildman–Crippen MR) is 73.8 cm³/mol. The van der Waals surface area contributed by atoms with Crippen molar-refractivity contribution in [2.75, 3.05) is 31.3 Å². The van der Waals surface area contributed by atoms with Gasteiger partial charge in [-0.15, -0.1) is 11.8 Å². The van der Waals surface area contributed by atoms with Crippen LogP contribution in [-0.4, -0.2) is 32.3 Å². The maximum absolute atomic E-state index is 5.49. The summed E-state index contributed by atoms with van der Waals surface area (Å²) in [5.74, 6) is 0. The lowest BCUT2D eigenvalue weighted by Gasteiger charge is -2.19. The minimum atomic E-state index is -0.181. The van der Waals surface area contributed by atoms with Crippen molar-refractivity contribution in [2.24, 2.45) is 0 Å². The molecule has 0 aliphatic heterocycles. The van der Waals surface area contributed by atoms with Gasteiger partial charge in [0, 0.05) is 23.8 Å². The Morgan fingerprint density at radius 1 is 1.18 bits per heavy atom. The van der Waals surface area contributed by atoms with E-state index in [1.54, 1.807) is 11.8 Å². The highest BCUT2D eigenvalue weighted by molar-refractivity contribution is 7.98. The minimum Gasteiger partial charge on any atom is -0.379 e. The second kappa shape index (κ2) is 8.39. The lowest BCUT2D eigenvalue weighted by atomic mass is 10.3. The van der Waals surface area contributed by atoms with E-state index < -0.39 is 0 Å². The fourth-order valence-corrected chi connectivity index (χ4v) is 2.10. The molecule has 0 aliphatic rings. The zero-order valence-corrected chi connectivity index (χ0v) is 11.5. The first kappa shape index (κ1) is 14.4. The molecule has 0 aliphatic carbocycles. The number of anilines is 1. The second-order valence-electron chi connectivity index (χ2n) is 3.42. The summed E-state index contributed by atoms with van der Waals surface area (Å²) in [5.41, 5.74) is 1.13. The lowest BCUT2D eigenvalue weighted by Crippen LogP contribution is -2.26. The van der Waals surface area contributed by atoms with Crippen LogP contribution < -0.4 is 5.32 Å². The van der Waals surface area contributed by atoms with Crippen LogP contribution in [0.5, 0.6) is 0 Å². The maximum atomic E-state index is 5.49. The van der Waals surface area contributed by atoms with E-state index in [0.717, 1.165) is 5.69 Å². The first-order chi connectivity index (χ1) is 8.31. The van der Waals surface area contributed by atoms with Crippen LogP contribution in [-0.2, 0) is 9.47 Å². The van der Waals surface area contributed by atoms with Gasteiger partial charge < -0.3 is 14.8 Å². The second-order valence-corrected chi connectivity index (χ2v) is 4.27. The molecule has 96 valence electrons. The quantitative estimate of drug-likeness (QED) is 0.571. The van der Waals surface area contributed by atoms with E-state index in [4.69, 9.17) is 9.47 Å². The third-order valence-electron chi connectivity index (χ3n) is 2.27. The molecule has 0 saturated carbocycles. The molecule has 0 radical (unpaired) electrons. The molecular formula is C13H21NO2S. The van der Waals surface area contributed by atoms with Crippen LogP contribution in [0.3, 0.4) is 0 Å². The van der Waals surface area contributed by atoms with Gasteiger partial charge in [0.25, 0.3) is 0 Å². The maximum Gasteiger partial charge on any atom is 0.174 e. The van der Waals surface area contributed by atoms with Gasteiger partial charge in [-0.05, 0) is 32.2 Å². The third-order valence-corrected chi connectivity index (χ3v) is 3.07. The van der Waals surface area contributed by atoms with Crippen molar-refractivity contribution in [3.05, 3.63) is 24.3 Å². The van der Waals surface area contributed by atoms with Crippen LogP contribution in [0.15, 0.2) is 29.2 Å². The molecule has 1 rings (SSSR count). The summed E-state index contributed by atoms with van der Waals surface area (Å²) < 4.78 is 11.0. The lowest BCUT2D eigenvalue weighted by molar-refractivity contribution is -0.126. The van der Waals surface area contributed by atoms with Gasteiger partial charge in [0.05, 0.1) is 6.54 Å². The molecule has 17 heavy (non-hydrogen) atoms. The smallest absolute Gasteiger partial charge is 0.174 e. The highest BCUT2D eigenvalue weighted by Gasteiger charge is 2.08. The molecule has 0 atom stereocenters. The number of thioether (sulfide) groups is 1. The van der Waals surface area contributed by atoms with E-state index >= 15 is 0 Å². The summed E-state index contributed by atoms with van der Waals surface area (Å²) in [6.07, 6.45) is 1.89. The Morgan fingerprint density at radius 3 is 2.41 bits per heavy atom. The number of nitrogens with one attached hydrogen (secondary N) is 1. The molecule has 0 bridgehead atoms. The Balaban J connectivity index is 2.52. The summed E-state index contributed by atoms with van der Waals surface area (Å²) in [7, 11) is 0. The Labute approximate surface area is 108 Å². The molecule has 0 aromatic heterocycles. The standard InChI is InChI=1S/C13H21NO2S/c1-4-15-13(16-5-2)10-14-11-8-6-7-9-12(11)17-3/h6-9,13-14H,4-5,10H2,1-3H3. The van der Waals surface area contributed by atoms with Crippen LogP contribution in [0.25, 0.3) is 0 Å². The molecule has 0 saturated heterocycles. The molecule has 1 aromatic rings. The molecule has 0 fully saturated rings. The van der Waals surface area contributed by atoms with Gasteiger partial charge in [-0.1, -0.05) is 12.1 Å². The van der Waals surface area contributed by atoms with Crippen LogP contribution in [0, 0.1) is 0 Å². The number of ether oxygens (including phenoxy) is 2. The largest absolute Gasteiger partial charge is 0.379 e. The van der Waals surface area contributed by atoms with Gasteiger partial charge in [-0.2, -0.15) is 0 Å².